The van der Waals surface area contributed by atoms with E-state index in [4.69, 9.17) is 1.37 Å². The van der Waals surface area contributed by atoms with E-state index in [1.807, 2.05) is 0 Å². The Bertz CT molecular complexity index is 474. The van der Waals surface area contributed by atoms with Gasteiger partial charge in [-0.3, -0.25) is 0 Å². The van der Waals surface area contributed by atoms with E-state index in [0.29, 0.717) is 21.9 Å². The summed E-state index contributed by atoms with van der Waals surface area (Å²) in [7, 11) is 0. The standard InChI is InChI=1S/C8H5F3N2S/c9-8(10,11)7-2-1-6(14-7)5-3-12-4-13-5/h1-4H,(H,12,13)/i4D. The van der Waals surface area contributed by atoms with Crippen LogP contribution in [0.5, 0.6) is 0 Å². The first-order valence-electron chi connectivity index (χ1n) is 4.16. The van der Waals surface area contributed by atoms with Gasteiger partial charge in [-0.05, 0) is 12.1 Å². The molecule has 0 bridgehead atoms. The highest BCUT2D eigenvalue weighted by Gasteiger charge is 2.32. The Morgan fingerprint density at radius 2 is 2.21 bits per heavy atom. The van der Waals surface area contributed by atoms with E-state index in [2.05, 4.69) is 9.97 Å². The molecule has 6 heteroatoms. The van der Waals surface area contributed by atoms with Crippen LogP contribution in [0.25, 0.3) is 10.6 Å². The van der Waals surface area contributed by atoms with Crippen LogP contribution in [0.4, 0.5) is 13.2 Å². The molecule has 1 N–H and O–H groups in total. The fourth-order valence-corrected chi connectivity index (χ4v) is 1.81. The van der Waals surface area contributed by atoms with Gasteiger partial charge in [-0.25, -0.2) is 4.98 Å². The summed E-state index contributed by atoms with van der Waals surface area (Å²) in [5, 5.41) is 0. The van der Waals surface area contributed by atoms with Crippen molar-refractivity contribution >= 4 is 11.3 Å². The molecule has 14 heavy (non-hydrogen) atoms. The Kier molecular flexibility index (Phi) is 1.80. The predicted octanol–water partition coefficient (Wildman–Crippen LogP) is 3.16. The molecule has 0 unspecified atom stereocenters. The molecule has 0 spiro atoms. The zero-order chi connectivity index (χ0) is 11.1. The van der Waals surface area contributed by atoms with Crippen LogP contribution in [0.1, 0.15) is 6.25 Å². The van der Waals surface area contributed by atoms with E-state index in [-0.39, 0.29) is 6.30 Å². The molecule has 0 fully saturated rings. The number of aromatic amines is 1. The molecule has 0 amide bonds. The number of rotatable bonds is 1. The number of hydrogen-bond acceptors (Lipinski definition) is 2. The molecule has 0 radical (unpaired) electrons. The monoisotopic (exact) mass is 219 g/mol. The Hall–Kier alpha value is -1.30. The Morgan fingerprint density at radius 1 is 1.43 bits per heavy atom. The van der Waals surface area contributed by atoms with E-state index in [1.165, 1.54) is 12.3 Å². The first-order chi connectivity index (χ1) is 6.97. The summed E-state index contributed by atoms with van der Waals surface area (Å²) in [4.78, 5) is 5.97. The van der Waals surface area contributed by atoms with E-state index in [1.54, 1.807) is 0 Å². The van der Waals surface area contributed by atoms with Gasteiger partial charge < -0.3 is 4.98 Å². The minimum atomic E-state index is -4.32. The van der Waals surface area contributed by atoms with Crippen LogP contribution < -0.4 is 0 Å². The summed E-state index contributed by atoms with van der Waals surface area (Å²) in [6, 6.07) is 2.36. The van der Waals surface area contributed by atoms with Crippen LogP contribution in [0.3, 0.4) is 0 Å². The number of nitrogens with zero attached hydrogens (tertiary/aromatic N) is 1. The van der Waals surface area contributed by atoms with Crippen LogP contribution in [-0.2, 0) is 6.18 Å². The highest BCUT2D eigenvalue weighted by atomic mass is 32.1. The number of aromatic nitrogens is 2. The zero-order valence-corrected chi connectivity index (χ0v) is 7.54. The lowest BCUT2D eigenvalue weighted by molar-refractivity contribution is -0.134. The lowest BCUT2D eigenvalue weighted by Crippen LogP contribution is -2.00. The quantitative estimate of drug-likeness (QED) is 0.784. The van der Waals surface area contributed by atoms with Gasteiger partial charge >= 0.3 is 6.18 Å². The summed E-state index contributed by atoms with van der Waals surface area (Å²) >= 11 is 0.615. The number of imidazole rings is 1. The average molecular weight is 219 g/mol. The molecule has 2 rings (SSSR count). The smallest absolute Gasteiger partial charge is 0.351 e. The fourth-order valence-electron chi connectivity index (χ4n) is 0.980. The molecule has 0 saturated heterocycles. The SMILES string of the molecule is [2H]c1nc(-c2ccc(C(F)(F)F)s2)c[nH]1. The van der Waals surface area contributed by atoms with Crippen LogP contribution in [0.2, 0.25) is 0 Å². The molecule has 2 heterocycles. The van der Waals surface area contributed by atoms with Crippen LogP contribution in [-0.4, -0.2) is 9.97 Å². The molecule has 0 aromatic carbocycles. The summed E-state index contributed by atoms with van der Waals surface area (Å²) in [6.07, 6.45) is -2.97. The molecule has 0 atom stereocenters. The molecule has 0 saturated carbocycles. The van der Waals surface area contributed by atoms with Gasteiger partial charge in [0.05, 0.1) is 16.9 Å². The van der Waals surface area contributed by atoms with Crippen LogP contribution in [0.15, 0.2) is 24.6 Å². The second kappa shape index (κ2) is 3.13. The third kappa shape index (κ3) is 1.65. The second-order valence-electron chi connectivity index (χ2n) is 2.56. The van der Waals surface area contributed by atoms with Gasteiger partial charge in [-0.15, -0.1) is 11.3 Å². The average Bonchev–Trinajstić information content (AvgIpc) is 2.69. The highest BCUT2D eigenvalue weighted by molar-refractivity contribution is 7.15. The number of thiophene rings is 1. The van der Waals surface area contributed by atoms with Crippen LogP contribution in [0, 0.1) is 0 Å². The van der Waals surface area contributed by atoms with Gasteiger partial charge in [0.1, 0.15) is 6.25 Å². The molecule has 0 aliphatic carbocycles. The number of H-pyrrole nitrogens is 1. The van der Waals surface area contributed by atoms with Crippen molar-refractivity contribution in [3.05, 3.63) is 29.5 Å². The van der Waals surface area contributed by atoms with E-state index in [9.17, 15) is 13.2 Å². The first-order valence-corrected chi connectivity index (χ1v) is 4.48. The summed E-state index contributed by atoms with van der Waals surface area (Å²) in [5.41, 5.74) is 0.362. The number of hydrogen-bond donors (Lipinski definition) is 1. The van der Waals surface area contributed by atoms with E-state index in [0.717, 1.165) is 6.07 Å². The molecule has 74 valence electrons. The number of halogens is 3. The van der Waals surface area contributed by atoms with E-state index < -0.39 is 11.1 Å². The zero-order valence-electron chi connectivity index (χ0n) is 7.72. The summed E-state index contributed by atoms with van der Waals surface area (Å²) in [5.74, 6) is 0. The largest absolute Gasteiger partial charge is 0.425 e. The Labute approximate surface area is 82.8 Å². The van der Waals surface area contributed by atoms with Crippen molar-refractivity contribution in [3.8, 4) is 10.6 Å². The van der Waals surface area contributed by atoms with Crippen molar-refractivity contribution < 1.29 is 14.5 Å². The Morgan fingerprint density at radius 3 is 2.71 bits per heavy atom. The molecule has 2 aromatic rings. The lowest BCUT2D eigenvalue weighted by Gasteiger charge is -2.00. The van der Waals surface area contributed by atoms with Gasteiger partial charge in [-0.1, -0.05) is 0 Å². The van der Waals surface area contributed by atoms with Crippen molar-refractivity contribution in [2.24, 2.45) is 0 Å². The van der Waals surface area contributed by atoms with Crippen molar-refractivity contribution in [2.45, 2.75) is 6.18 Å². The van der Waals surface area contributed by atoms with Crippen molar-refractivity contribution in [1.29, 1.82) is 0 Å². The number of alkyl halides is 3. The number of nitrogens with one attached hydrogen (secondary N) is 1. The van der Waals surface area contributed by atoms with Gasteiger partial charge in [-0.2, -0.15) is 13.2 Å². The minimum Gasteiger partial charge on any atom is -0.351 e. The van der Waals surface area contributed by atoms with Crippen molar-refractivity contribution in [2.75, 3.05) is 0 Å². The van der Waals surface area contributed by atoms with Crippen molar-refractivity contribution in [3.63, 3.8) is 0 Å². The maximum absolute atomic E-state index is 12.3. The second-order valence-corrected chi connectivity index (χ2v) is 3.64. The van der Waals surface area contributed by atoms with Crippen LogP contribution >= 0.6 is 11.3 Å². The van der Waals surface area contributed by atoms with Gasteiger partial charge in [0, 0.05) is 6.20 Å². The Balaban J connectivity index is 2.36. The molecule has 0 aliphatic heterocycles. The van der Waals surface area contributed by atoms with Gasteiger partial charge in [0.2, 0.25) is 0 Å². The molecular weight excluding hydrogens is 213 g/mol. The lowest BCUT2D eigenvalue weighted by atomic mass is 10.3. The predicted molar refractivity (Wildman–Crippen MR) is 46.9 cm³/mol. The fraction of sp³-hybridized carbons (Fsp3) is 0.125. The molecule has 0 aliphatic rings. The molecule has 2 nitrogen and oxygen atoms in total. The third-order valence-corrected chi connectivity index (χ3v) is 2.74. The molecular formula is C8H5F3N2S. The summed E-state index contributed by atoms with van der Waals surface area (Å²) in [6.45, 7) is 0. The van der Waals surface area contributed by atoms with Crippen molar-refractivity contribution in [1.82, 2.24) is 9.97 Å². The van der Waals surface area contributed by atoms with E-state index >= 15 is 0 Å². The first kappa shape index (κ1) is 8.05. The van der Waals surface area contributed by atoms with Gasteiger partial charge in [0.15, 0.2) is 0 Å². The topological polar surface area (TPSA) is 28.7 Å². The maximum Gasteiger partial charge on any atom is 0.425 e. The normalized spacial score (nSPS) is 12.9. The third-order valence-electron chi connectivity index (χ3n) is 1.59. The van der Waals surface area contributed by atoms with Gasteiger partial charge in [0.25, 0.3) is 0 Å². The summed E-state index contributed by atoms with van der Waals surface area (Å²) < 4.78 is 43.9. The highest BCUT2D eigenvalue weighted by Crippen LogP contribution is 2.37. The maximum atomic E-state index is 12.3. The minimum absolute atomic E-state index is 0.0630. The molecule has 2 aromatic heterocycles.